The van der Waals surface area contributed by atoms with Gasteiger partial charge in [-0.05, 0) is 116 Å². The van der Waals surface area contributed by atoms with E-state index in [-0.39, 0.29) is 40.1 Å². The molecule has 5 saturated carbocycles. The molecule has 4 nitrogen and oxygen atoms in total. The average molecular weight is 519 g/mol. The number of rotatable bonds is 3. The smallest absolute Gasteiger partial charge is 0.0656 e. The molecule has 0 spiro atoms. The van der Waals surface area contributed by atoms with E-state index in [9.17, 15) is 15.3 Å². The maximum absolute atomic E-state index is 12.4. The van der Waals surface area contributed by atoms with Crippen molar-refractivity contribution in [2.75, 3.05) is 7.11 Å². The molecule has 3 N–H and O–H groups in total. The first-order chi connectivity index (χ1) is 17.3. The molecule has 0 radical (unpaired) electrons. The Balaban J connectivity index is 1.49. The molecular weight excluding hydrogens is 460 g/mol. The van der Waals surface area contributed by atoms with Crippen LogP contribution in [-0.4, -0.2) is 46.8 Å². The number of hydrogen-bond donors (Lipinski definition) is 3. The normalized spacial score (nSPS) is 59.1. The van der Waals surface area contributed by atoms with E-state index in [0.717, 1.165) is 24.7 Å². The second-order valence-corrected chi connectivity index (χ2v) is 15.9. The monoisotopic (exact) mass is 518 g/mol. The molecule has 0 saturated heterocycles. The van der Waals surface area contributed by atoms with Crippen LogP contribution in [0.15, 0.2) is 0 Å². The van der Waals surface area contributed by atoms with Crippen molar-refractivity contribution in [1.29, 1.82) is 0 Å². The van der Waals surface area contributed by atoms with Crippen molar-refractivity contribution in [2.24, 2.45) is 69.5 Å². The maximum atomic E-state index is 12.4. The minimum Gasteiger partial charge on any atom is -0.393 e. The SMILES string of the molecule is COC1CCC(C2CCC(C)C3C(O)C4C(C)C5(C)C(O)C(C(C)O)C(C)CC5(C)CC4(C)CC23)CC1. The Bertz CT molecular complexity index is 821. The molecule has 0 amide bonds. The van der Waals surface area contributed by atoms with Crippen LogP contribution in [0.5, 0.6) is 0 Å². The van der Waals surface area contributed by atoms with E-state index < -0.39 is 12.2 Å². The van der Waals surface area contributed by atoms with Gasteiger partial charge in [0, 0.05) is 18.4 Å². The van der Waals surface area contributed by atoms with Crippen LogP contribution in [0, 0.1) is 69.5 Å². The van der Waals surface area contributed by atoms with Gasteiger partial charge in [-0.15, -0.1) is 0 Å². The standard InChI is InChI=1S/C33H58O4/c1-18-9-14-24(22-10-12-23(37-8)13-11-22)25-16-31(5)17-32(6)15-19(2)26(21(4)34)30(36)33(32,7)20(3)28(31)29(35)27(18)25/h18-30,34-36H,9-17H2,1-8H3. The Morgan fingerprint density at radius 2 is 1.49 bits per heavy atom. The summed E-state index contributed by atoms with van der Waals surface area (Å²) in [6, 6.07) is 0. The molecule has 0 aromatic rings. The number of methoxy groups -OCH3 is 1. The molecule has 4 heteroatoms. The van der Waals surface area contributed by atoms with E-state index in [2.05, 4.69) is 41.5 Å². The van der Waals surface area contributed by atoms with E-state index in [1.165, 1.54) is 44.9 Å². The van der Waals surface area contributed by atoms with Gasteiger partial charge in [-0.25, -0.2) is 0 Å². The molecule has 5 fully saturated rings. The third-order valence-electron chi connectivity index (χ3n) is 14.1. The fraction of sp³-hybridized carbons (Fsp3) is 1.00. The van der Waals surface area contributed by atoms with Crippen molar-refractivity contribution in [2.45, 2.75) is 131 Å². The lowest BCUT2D eigenvalue weighted by atomic mass is 9.34. The molecule has 14 atom stereocenters. The Morgan fingerprint density at radius 1 is 0.838 bits per heavy atom. The lowest BCUT2D eigenvalue weighted by Crippen LogP contribution is -2.70. The minimum atomic E-state index is -0.543. The lowest BCUT2D eigenvalue weighted by molar-refractivity contribution is -0.280. The van der Waals surface area contributed by atoms with Crippen LogP contribution in [0.1, 0.15) is 106 Å². The topological polar surface area (TPSA) is 69.9 Å². The van der Waals surface area contributed by atoms with Crippen LogP contribution >= 0.6 is 0 Å². The Kier molecular flexibility index (Phi) is 7.47. The minimum absolute atomic E-state index is 0.000745. The Hall–Kier alpha value is -0.160. The Morgan fingerprint density at radius 3 is 2.08 bits per heavy atom. The predicted octanol–water partition coefficient (Wildman–Crippen LogP) is 6.31. The van der Waals surface area contributed by atoms with Crippen LogP contribution in [0.25, 0.3) is 0 Å². The maximum Gasteiger partial charge on any atom is 0.0656 e. The molecular formula is C33H58O4. The summed E-state index contributed by atoms with van der Waals surface area (Å²) >= 11 is 0. The highest BCUT2D eigenvalue weighted by atomic mass is 16.5. The molecule has 5 rings (SSSR count). The summed E-state index contributed by atoms with van der Waals surface area (Å²) in [6.07, 6.45) is 9.98. The Labute approximate surface area is 227 Å². The van der Waals surface area contributed by atoms with Crippen molar-refractivity contribution in [1.82, 2.24) is 0 Å². The summed E-state index contributed by atoms with van der Waals surface area (Å²) in [5.74, 6) is 3.67. The van der Waals surface area contributed by atoms with Crippen molar-refractivity contribution in [3.05, 3.63) is 0 Å². The first kappa shape index (κ1) is 28.4. The van der Waals surface area contributed by atoms with E-state index in [1.807, 2.05) is 14.0 Å². The molecule has 14 unspecified atom stereocenters. The molecule has 0 aliphatic heterocycles. The highest BCUT2D eigenvalue weighted by Gasteiger charge is 2.70. The zero-order valence-corrected chi connectivity index (χ0v) is 25.1. The average Bonchev–Trinajstić information content (AvgIpc) is 2.81. The van der Waals surface area contributed by atoms with Gasteiger partial charge >= 0.3 is 0 Å². The zero-order chi connectivity index (χ0) is 27.1. The van der Waals surface area contributed by atoms with Crippen LogP contribution < -0.4 is 0 Å². The molecule has 37 heavy (non-hydrogen) atoms. The van der Waals surface area contributed by atoms with Gasteiger partial charge in [0.1, 0.15) is 0 Å². The fourth-order valence-electron chi connectivity index (χ4n) is 12.4. The van der Waals surface area contributed by atoms with Crippen molar-refractivity contribution < 1.29 is 20.1 Å². The summed E-state index contributed by atoms with van der Waals surface area (Å²) < 4.78 is 5.70. The van der Waals surface area contributed by atoms with Crippen molar-refractivity contribution in [3.8, 4) is 0 Å². The second-order valence-electron chi connectivity index (χ2n) is 15.9. The third kappa shape index (κ3) is 4.12. The van der Waals surface area contributed by atoms with E-state index >= 15 is 0 Å². The first-order valence-corrected chi connectivity index (χ1v) is 15.9. The van der Waals surface area contributed by atoms with Crippen LogP contribution in [0.3, 0.4) is 0 Å². The number of fused-ring (bicyclic) bond motifs is 3. The molecule has 0 aromatic carbocycles. The van der Waals surface area contributed by atoms with Crippen molar-refractivity contribution in [3.63, 3.8) is 0 Å². The summed E-state index contributed by atoms with van der Waals surface area (Å²) in [5.41, 5.74) is -0.222. The second kappa shape index (κ2) is 9.74. The highest BCUT2D eigenvalue weighted by Crippen LogP contribution is 2.73. The number of aliphatic hydroxyl groups excluding tert-OH is 3. The molecule has 5 aliphatic carbocycles. The van der Waals surface area contributed by atoms with Gasteiger partial charge in [0.25, 0.3) is 0 Å². The van der Waals surface area contributed by atoms with Gasteiger partial charge in [-0.3, -0.25) is 0 Å². The van der Waals surface area contributed by atoms with Crippen LogP contribution in [0.2, 0.25) is 0 Å². The van der Waals surface area contributed by atoms with Gasteiger partial charge in [0.05, 0.1) is 24.4 Å². The number of aliphatic hydroxyl groups is 3. The molecule has 0 bridgehead atoms. The quantitative estimate of drug-likeness (QED) is 0.410. The molecule has 5 aliphatic rings. The van der Waals surface area contributed by atoms with Crippen molar-refractivity contribution >= 4 is 0 Å². The van der Waals surface area contributed by atoms with Crippen LogP contribution in [0.4, 0.5) is 0 Å². The van der Waals surface area contributed by atoms with E-state index in [4.69, 9.17) is 4.74 Å². The first-order valence-electron chi connectivity index (χ1n) is 15.9. The van der Waals surface area contributed by atoms with Crippen LogP contribution in [-0.2, 0) is 4.74 Å². The number of ether oxygens (including phenoxy) is 1. The summed E-state index contributed by atoms with van der Waals surface area (Å²) in [5, 5.41) is 35.0. The van der Waals surface area contributed by atoms with Gasteiger partial charge in [-0.2, -0.15) is 0 Å². The summed E-state index contributed by atoms with van der Waals surface area (Å²) in [6.45, 7) is 16.1. The summed E-state index contributed by atoms with van der Waals surface area (Å²) in [7, 11) is 1.87. The van der Waals surface area contributed by atoms with Gasteiger partial charge in [0.2, 0.25) is 0 Å². The zero-order valence-electron chi connectivity index (χ0n) is 25.1. The third-order valence-corrected chi connectivity index (χ3v) is 14.1. The molecule has 0 heterocycles. The van der Waals surface area contributed by atoms with E-state index in [1.54, 1.807) is 0 Å². The van der Waals surface area contributed by atoms with E-state index in [0.29, 0.717) is 29.8 Å². The predicted molar refractivity (Wildman–Crippen MR) is 149 cm³/mol. The molecule has 0 aromatic heterocycles. The lowest BCUT2D eigenvalue weighted by Gasteiger charge is -2.72. The highest BCUT2D eigenvalue weighted by molar-refractivity contribution is 5.18. The van der Waals surface area contributed by atoms with Gasteiger partial charge in [0.15, 0.2) is 0 Å². The fourth-order valence-corrected chi connectivity index (χ4v) is 12.4. The largest absolute Gasteiger partial charge is 0.393 e. The number of hydrogen-bond acceptors (Lipinski definition) is 4. The van der Waals surface area contributed by atoms with Gasteiger partial charge in [-0.1, -0.05) is 48.0 Å². The summed E-state index contributed by atoms with van der Waals surface area (Å²) in [4.78, 5) is 0. The molecule has 214 valence electrons. The van der Waals surface area contributed by atoms with Gasteiger partial charge < -0.3 is 20.1 Å².